The van der Waals surface area contributed by atoms with E-state index in [9.17, 15) is 4.79 Å². The second-order valence-electron chi connectivity index (χ2n) is 6.10. The standard InChI is InChI=1S/C20H33NO2/c1-2-3-4-5-6-7-8-12-16-23-17-15-20(22)21-18-19-13-10-9-11-14-19/h9-11,13-14H,2-8,12,15-18H2,1H3,(H,21,22). The predicted octanol–water partition coefficient (Wildman–Crippen LogP) is 4.85. The number of ether oxygens (including phenoxy) is 1. The van der Waals surface area contributed by atoms with Crippen LogP contribution in [0, 0.1) is 0 Å². The number of amides is 1. The molecule has 130 valence electrons. The quantitative estimate of drug-likeness (QED) is 0.498. The molecular formula is C20H33NO2. The van der Waals surface area contributed by atoms with Gasteiger partial charge in [-0.3, -0.25) is 4.79 Å². The monoisotopic (exact) mass is 319 g/mol. The first kappa shape index (κ1) is 19.7. The maximum atomic E-state index is 11.7. The third kappa shape index (κ3) is 11.8. The topological polar surface area (TPSA) is 38.3 Å². The zero-order valence-electron chi connectivity index (χ0n) is 14.7. The first-order valence-electron chi connectivity index (χ1n) is 9.21. The summed E-state index contributed by atoms with van der Waals surface area (Å²) in [6.07, 6.45) is 10.9. The Labute approximate surface area is 141 Å². The summed E-state index contributed by atoms with van der Waals surface area (Å²) in [4.78, 5) is 11.7. The van der Waals surface area contributed by atoms with Crippen molar-refractivity contribution < 1.29 is 9.53 Å². The molecule has 0 aromatic heterocycles. The van der Waals surface area contributed by atoms with Crippen LogP contribution in [0.25, 0.3) is 0 Å². The van der Waals surface area contributed by atoms with Gasteiger partial charge < -0.3 is 10.1 Å². The molecule has 1 N–H and O–H groups in total. The van der Waals surface area contributed by atoms with Crippen molar-refractivity contribution >= 4 is 5.91 Å². The Kier molecular flexibility index (Phi) is 12.2. The lowest BCUT2D eigenvalue weighted by molar-refractivity contribution is -0.122. The summed E-state index contributed by atoms with van der Waals surface area (Å²) < 4.78 is 5.54. The molecule has 0 unspecified atom stereocenters. The van der Waals surface area contributed by atoms with E-state index in [2.05, 4.69) is 12.2 Å². The molecule has 0 aliphatic heterocycles. The lowest BCUT2D eigenvalue weighted by Crippen LogP contribution is -2.23. The maximum Gasteiger partial charge on any atom is 0.222 e. The van der Waals surface area contributed by atoms with E-state index in [0.717, 1.165) is 18.6 Å². The molecule has 1 aromatic carbocycles. The molecule has 0 saturated carbocycles. The Balaban J connectivity index is 1.84. The molecule has 0 radical (unpaired) electrons. The van der Waals surface area contributed by atoms with Gasteiger partial charge in [0.25, 0.3) is 0 Å². The van der Waals surface area contributed by atoms with E-state index in [1.165, 1.54) is 44.9 Å². The van der Waals surface area contributed by atoms with Crippen LogP contribution in [0.15, 0.2) is 30.3 Å². The predicted molar refractivity (Wildman–Crippen MR) is 96.3 cm³/mol. The van der Waals surface area contributed by atoms with Crippen LogP contribution < -0.4 is 5.32 Å². The van der Waals surface area contributed by atoms with Crippen LogP contribution in [0.2, 0.25) is 0 Å². The summed E-state index contributed by atoms with van der Waals surface area (Å²) in [6.45, 7) is 4.15. The van der Waals surface area contributed by atoms with Crippen molar-refractivity contribution in [3.05, 3.63) is 35.9 Å². The lowest BCUT2D eigenvalue weighted by Gasteiger charge is -2.06. The highest BCUT2D eigenvalue weighted by atomic mass is 16.5. The van der Waals surface area contributed by atoms with Crippen molar-refractivity contribution in [1.29, 1.82) is 0 Å². The van der Waals surface area contributed by atoms with E-state index in [0.29, 0.717) is 19.6 Å². The second kappa shape index (κ2) is 14.3. The average Bonchev–Trinajstić information content (AvgIpc) is 2.59. The van der Waals surface area contributed by atoms with Crippen LogP contribution in [0.4, 0.5) is 0 Å². The largest absolute Gasteiger partial charge is 0.381 e. The molecule has 3 nitrogen and oxygen atoms in total. The molecule has 1 aromatic rings. The number of carbonyl (C=O) groups excluding carboxylic acids is 1. The highest BCUT2D eigenvalue weighted by molar-refractivity contribution is 5.75. The molecule has 0 spiro atoms. The fourth-order valence-corrected chi connectivity index (χ4v) is 2.49. The van der Waals surface area contributed by atoms with E-state index in [-0.39, 0.29) is 5.91 Å². The minimum atomic E-state index is 0.0600. The molecule has 0 saturated heterocycles. The van der Waals surface area contributed by atoms with Crippen molar-refractivity contribution in [3.63, 3.8) is 0 Å². The summed E-state index contributed by atoms with van der Waals surface area (Å²) in [5.74, 6) is 0.0600. The fourth-order valence-electron chi connectivity index (χ4n) is 2.49. The van der Waals surface area contributed by atoms with Crippen LogP contribution in [-0.4, -0.2) is 19.1 Å². The highest BCUT2D eigenvalue weighted by Gasteiger charge is 2.01. The third-order valence-electron chi connectivity index (χ3n) is 3.95. The van der Waals surface area contributed by atoms with E-state index in [4.69, 9.17) is 4.74 Å². The minimum absolute atomic E-state index is 0.0600. The minimum Gasteiger partial charge on any atom is -0.381 e. The molecular weight excluding hydrogens is 286 g/mol. The van der Waals surface area contributed by atoms with E-state index in [1.54, 1.807) is 0 Å². The van der Waals surface area contributed by atoms with Crippen molar-refractivity contribution in [2.24, 2.45) is 0 Å². The van der Waals surface area contributed by atoms with Crippen molar-refractivity contribution in [3.8, 4) is 0 Å². The lowest BCUT2D eigenvalue weighted by atomic mass is 10.1. The van der Waals surface area contributed by atoms with Gasteiger partial charge in [0.05, 0.1) is 6.61 Å². The molecule has 0 heterocycles. The summed E-state index contributed by atoms with van der Waals surface area (Å²) >= 11 is 0. The van der Waals surface area contributed by atoms with Crippen molar-refractivity contribution in [1.82, 2.24) is 5.32 Å². The Bertz CT molecular complexity index is 392. The zero-order valence-corrected chi connectivity index (χ0v) is 14.7. The molecule has 1 amide bonds. The number of nitrogens with one attached hydrogen (secondary N) is 1. The number of rotatable bonds is 14. The average molecular weight is 319 g/mol. The number of benzene rings is 1. The molecule has 0 bridgehead atoms. The molecule has 3 heteroatoms. The van der Waals surface area contributed by atoms with Crippen LogP contribution in [0.5, 0.6) is 0 Å². The Morgan fingerprint density at radius 2 is 1.57 bits per heavy atom. The van der Waals surface area contributed by atoms with Gasteiger partial charge in [-0.1, -0.05) is 82.2 Å². The highest BCUT2D eigenvalue weighted by Crippen LogP contribution is 2.08. The summed E-state index contributed by atoms with van der Waals surface area (Å²) in [5, 5.41) is 2.92. The maximum absolute atomic E-state index is 11.7. The van der Waals surface area contributed by atoms with Gasteiger partial charge in [0.1, 0.15) is 0 Å². The molecule has 0 atom stereocenters. The van der Waals surface area contributed by atoms with Gasteiger partial charge >= 0.3 is 0 Å². The molecule has 0 fully saturated rings. The van der Waals surface area contributed by atoms with E-state index < -0.39 is 0 Å². The molecule has 0 aliphatic carbocycles. The summed E-state index contributed by atoms with van der Waals surface area (Å²) in [5.41, 5.74) is 1.13. The first-order valence-corrected chi connectivity index (χ1v) is 9.21. The van der Waals surface area contributed by atoms with Crippen molar-refractivity contribution in [2.75, 3.05) is 13.2 Å². The Hall–Kier alpha value is -1.35. The Morgan fingerprint density at radius 3 is 2.26 bits per heavy atom. The van der Waals surface area contributed by atoms with Crippen molar-refractivity contribution in [2.45, 2.75) is 71.3 Å². The smallest absolute Gasteiger partial charge is 0.222 e. The molecule has 0 aliphatic rings. The van der Waals surface area contributed by atoms with Gasteiger partial charge in [-0.05, 0) is 12.0 Å². The van der Waals surface area contributed by atoms with Crippen LogP contribution >= 0.6 is 0 Å². The first-order chi connectivity index (χ1) is 11.3. The van der Waals surface area contributed by atoms with Crippen LogP contribution in [0.3, 0.4) is 0 Å². The van der Waals surface area contributed by atoms with Crippen LogP contribution in [0.1, 0.15) is 70.3 Å². The number of unbranched alkanes of at least 4 members (excludes halogenated alkanes) is 7. The van der Waals surface area contributed by atoms with E-state index >= 15 is 0 Å². The number of carbonyl (C=O) groups is 1. The fraction of sp³-hybridized carbons (Fsp3) is 0.650. The molecule has 1 rings (SSSR count). The van der Waals surface area contributed by atoms with Gasteiger partial charge in [0.2, 0.25) is 5.91 Å². The second-order valence-corrected chi connectivity index (χ2v) is 6.10. The summed E-state index contributed by atoms with van der Waals surface area (Å²) in [7, 11) is 0. The number of hydrogen-bond donors (Lipinski definition) is 1. The normalized spacial score (nSPS) is 10.7. The van der Waals surface area contributed by atoms with Crippen LogP contribution in [-0.2, 0) is 16.1 Å². The van der Waals surface area contributed by atoms with Gasteiger partial charge in [-0.25, -0.2) is 0 Å². The van der Waals surface area contributed by atoms with Gasteiger partial charge in [0, 0.05) is 19.6 Å². The SMILES string of the molecule is CCCCCCCCCCOCCC(=O)NCc1ccccc1. The summed E-state index contributed by atoms with van der Waals surface area (Å²) in [6, 6.07) is 9.96. The van der Waals surface area contributed by atoms with Gasteiger partial charge in [-0.15, -0.1) is 0 Å². The van der Waals surface area contributed by atoms with Gasteiger partial charge in [-0.2, -0.15) is 0 Å². The number of hydrogen-bond acceptors (Lipinski definition) is 2. The third-order valence-corrected chi connectivity index (χ3v) is 3.95. The van der Waals surface area contributed by atoms with Gasteiger partial charge in [0.15, 0.2) is 0 Å². The molecule has 23 heavy (non-hydrogen) atoms. The zero-order chi connectivity index (χ0) is 16.6. The van der Waals surface area contributed by atoms with E-state index in [1.807, 2.05) is 30.3 Å². The Morgan fingerprint density at radius 1 is 0.913 bits per heavy atom.